The van der Waals surface area contributed by atoms with E-state index >= 15 is 0 Å². The van der Waals surface area contributed by atoms with Crippen molar-refractivity contribution in [3.05, 3.63) is 58.1 Å². The van der Waals surface area contributed by atoms with Crippen LogP contribution in [0.2, 0.25) is 5.02 Å². The van der Waals surface area contributed by atoms with Crippen LogP contribution in [0.4, 0.5) is 8.78 Å². The van der Waals surface area contributed by atoms with E-state index in [1.54, 1.807) is 38.1 Å². The monoisotopic (exact) mass is 405 g/mol. The molecule has 0 bridgehead atoms. The van der Waals surface area contributed by atoms with Crippen LogP contribution in [-0.4, -0.2) is 49.4 Å². The van der Waals surface area contributed by atoms with Gasteiger partial charge in [0.15, 0.2) is 0 Å². The lowest BCUT2D eigenvalue weighted by molar-refractivity contribution is -0.0641. The molecule has 1 unspecified atom stereocenters. The topological polar surface area (TPSA) is 63.4 Å². The van der Waals surface area contributed by atoms with Gasteiger partial charge < -0.3 is 4.90 Å². The van der Waals surface area contributed by atoms with E-state index in [1.807, 2.05) is 0 Å². The summed E-state index contributed by atoms with van der Waals surface area (Å²) in [6.07, 6.45) is 0.973. The van der Waals surface area contributed by atoms with Gasteiger partial charge in [0.1, 0.15) is 6.33 Å². The third-order valence-electron chi connectivity index (χ3n) is 4.93. The minimum Gasteiger partial charge on any atom is -0.332 e. The number of carbonyl (C=O) groups is 1. The maximum absolute atomic E-state index is 14.6. The van der Waals surface area contributed by atoms with Crippen LogP contribution < -0.4 is 0 Å². The van der Waals surface area contributed by atoms with Crippen LogP contribution in [0.15, 0.2) is 30.6 Å². The molecule has 1 saturated heterocycles. The number of likely N-dealkylation sites (tertiary alicyclic amines) is 1. The first-order valence-corrected chi connectivity index (χ1v) is 9.22. The van der Waals surface area contributed by atoms with Crippen LogP contribution in [-0.2, 0) is 0 Å². The molecule has 0 N–H and O–H groups in total. The van der Waals surface area contributed by atoms with Gasteiger partial charge in [-0.25, -0.2) is 18.3 Å². The summed E-state index contributed by atoms with van der Waals surface area (Å²) in [4.78, 5) is 22.4. The van der Waals surface area contributed by atoms with Crippen molar-refractivity contribution in [2.24, 2.45) is 0 Å². The number of piperidine rings is 1. The largest absolute Gasteiger partial charge is 0.332 e. The smallest absolute Gasteiger partial charge is 0.266 e. The number of fused-ring (bicyclic) bond motifs is 1. The van der Waals surface area contributed by atoms with E-state index < -0.39 is 24.3 Å². The van der Waals surface area contributed by atoms with Crippen molar-refractivity contribution in [2.75, 3.05) is 13.1 Å². The summed E-state index contributed by atoms with van der Waals surface area (Å²) in [7, 11) is 0. The second-order valence-electron chi connectivity index (χ2n) is 7.20. The van der Waals surface area contributed by atoms with Crippen LogP contribution in [0.1, 0.15) is 39.6 Å². The van der Waals surface area contributed by atoms with Gasteiger partial charge in [0.05, 0.1) is 12.2 Å². The fraction of sp³-hybridized carbons (Fsp3) is 0.368. The predicted molar refractivity (Wildman–Crippen MR) is 99.9 cm³/mol. The first-order chi connectivity index (χ1) is 13.2. The first kappa shape index (κ1) is 18.7. The number of alkyl halides is 2. The number of hydrogen-bond acceptors (Lipinski definition) is 4. The molecule has 3 heterocycles. The summed E-state index contributed by atoms with van der Waals surface area (Å²) in [6.45, 7) is 3.09. The van der Waals surface area contributed by atoms with Crippen molar-refractivity contribution in [3.8, 4) is 0 Å². The van der Waals surface area contributed by atoms with E-state index in [9.17, 15) is 13.6 Å². The van der Waals surface area contributed by atoms with Gasteiger partial charge >= 0.3 is 0 Å². The number of amides is 1. The molecule has 9 heteroatoms. The Hall–Kier alpha value is -2.61. The number of rotatable bonds is 2. The number of hydrogen-bond donors (Lipinski definition) is 0. The molecule has 3 aromatic rings. The minimum absolute atomic E-state index is 0.161. The maximum Gasteiger partial charge on any atom is 0.266 e. The summed E-state index contributed by atoms with van der Waals surface area (Å²) in [6, 6.07) is 6.52. The second-order valence-corrected chi connectivity index (χ2v) is 7.61. The molecule has 1 aliphatic heterocycles. The lowest BCUT2D eigenvalue weighted by Gasteiger charge is -2.37. The summed E-state index contributed by atoms with van der Waals surface area (Å²) in [5, 5.41) is 4.64. The molecule has 1 aliphatic rings. The summed E-state index contributed by atoms with van der Waals surface area (Å²) >= 11 is 6.01. The Labute approximate surface area is 165 Å². The Kier molecular flexibility index (Phi) is 4.53. The fourth-order valence-corrected chi connectivity index (χ4v) is 3.78. The number of benzene rings is 1. The molecule has 1 aromatic carbocycles. The third-order valence-corrected chi connectivity index (χ3v) is 5.35. The molecule has 1 atom stereocenters. The van der Waals surface area contributed by atoms with E-state index in [2.05, 4.69) is 15.1 Å². The highest BCUT2D eigenvalue weighted by Gasteiger charge is 2.43. The van der Waals surface area contributed by atoms with Crippen LogP contribution in [0, 0.1) is 13.8 Å². The summed E-state index contributed by atoms with van der Waals surface area (Å²) in [5.74, 6) is -3.68. The minimum atomic E-state index is -3.01. The fourth-order valence-electron chi connectivity index (χ4n) is 3.66. The average molecular weight is 406 g/mol. The molecule has 146 valence electrons. The van der Waals surface area contributed by atoms with Crippen LogP contribution >= 0.6 is 11.6 Å². The van der Waals surface area contributed by atoms with E-state index in [-0.39, 0.29) is 13.0 Å². The molecular weight excluding hydrogens is 388 g/mol. The van der Waals surface area contributed by atoms with Crippen LogP contribution in [0.25, 0.3) is 5.78 Å². The Bertz CT molecular complexity index is 1070. The zero-order valence-corrected chi connectivity index (χ0v) is 16.1. The number of halogens is 3. The van der Waals surface area contributed by atoms with Gasteiger partial charge in [-0.15, -0.1) is 0 Å². The molecule has 2 aromatic heterocycles. The SMILES string of the molecule is Cc1cc(C2CN(C(=O)c3ccc(Cl)c(C)c3)CC(F)(F)C2)n2ncnc2n1. The zero-order chi connectivity index (χ0) is 20.1. The predicted octanol–water partition coefficient (Wildman–Crippen LogP) is 3.66. The van der Waals surface area contributed by atoms with Gasteiger partial charge in [0.25, 0.3) is 17.6 Å². The number of aromatic nitrogens is 4. The average Bonchev–Trinajstić information content (AvgIpc) is 3.09. The lowest BCUT2D eigenvalue weighted by atomic mass is 9.91. The van der Waals surface area contributed by atoms with Crippen molar-refractivity contribution in [1.82, 2.24) is 24.5 Å². The zero-order valence-electron chi connectivity index (χ0n) is 15.4. The van der Waals surface area contributed by atoms with Crippen LogP contribution in [0.5, 0.6) is 0 Å². The van der Waals surface area contributed by atoms with E-state index in [0.29, 0.717) is 27.8 Å². The highest BCUT2D eigenvalue weighted by Crippen LogP contribution is 2.37. The molecular formula is C19H18ClF2N5O. The molecule has 0 saturated carbocycles. The summed E-state index contributed by atoms with van der Waals surface area (Å²) < 4.78 is 30.6. The molecule has 28 heavy (non-hydrogen) atoms. The van der Waals surface area contributed by atoms with Gasteiger partial charge in [0.2, 0.25) is 0 Å². The quantitative estimate of drug-likeness (QED) is 0.652. The molecule has 0 aliphatic carbocycles. The first-order valence-electron chi connectivity index (χ1n) is 8.84. The Balaban J connectivity index is 1.69. The standard InChI is InChI=1S/C19H18ClF2N5O/c1-11-5-13(3-4-15(11)20)17(28)26-8-14(7-19(21,22)9-26)16-6-12(2)25-18-23-10-24-27(16)18/h3-6,10,14H,7-9H2,1-2H3. The molecule has 1 fully saturated rings. The van der Waals surface area contributed by atoms with Gasteiger partial charge in [-0.05, 0) is 43.7 Å². The Morgan fingerprint density at radius 3 is 2.82 bits per heavy atom. The molecule has 6 nitrogen and oxygen atoms in total. The van der Waals surface area contributed by atoms with Crippen molar-refractivity contribution in [2.45, 2.75) is 32.1 Å². The highest BCUT2D eigenvalue weighted by molar-refractivity contribution is 6.31. The van der Waals surface area contributed by atoms with Gasteiger partial charge in [-0.3, -0.25) is 4.79 Å². The van der Waals surface area contributed by atoms with Crippen molar-refractivity contribution in [1.29, 1.82) is 0 Å². The van der Waals surface area contributed by atoms with Crippen molar-refractivity contribution in [3.63, 3.8) is 0 Å². The molecule has 0 spiro atoms. The third kappa shape index (κ3) is 3.44. The molecule has 1 amide bonds. The normalized spacial score (nSPS) is 19.2. The summed E-state index contributed by atoms with van der Waals surface area (Å²) in [5.41, 5.74) is 2.30. The number of aryl methyl sites for hydroxylation is 2. The van der Waals surface area contributed by atoms with E-state index in [1.165, 1.54) is 15.7 Å². The molecule has 4 rings (SSSR count). The Morgan fingerprint density at radius 2 is 2.07 bits per heavy atom. The van der Waals surface area contributed by atoms with Crippen molar-refractivity contribution < 1.29 is 13.6 Å². The second kappa shape index (κ2) is 6.77. The number of carbonyl (C=O) groups excluding carboxylic acids is 1. The van der Waals surface area contributed by atoms with Gasteiger partial charge in [0, 0.05) is 35.2 Å². The van der Waals surface area contributed by atoms with E-state index in [4.69, 9.17) is 11.6 Å². The number of nitrogens with zero attached hydrogens (tertiary/aromatic N) is 5. The van der Waals surface area contributed by atoms with Crippen molar-refractivity contribution >= 4 is 23.3 Å². The van der Waals surface area contributed by atoms with Gasteiger partial charge in [-0.2, -0.15) is 10.1 Å². The van der Waals surface area contributed by atoms with Gasteiger partial charge in [-0.1, -0.05) is 11.6 Å². The van der Waals surface area contributed by atoms with Crippen LogP contribution in [0.3, 0.4) is 0 Å². The van der Waals surface area contributed by atoms with E-state index in [0.717, 1.165) is 5.56 Å². The molecule has 0 radical (unpaired) electrons. The maximum atomic E-state index is 14.6. The lowest BCUT2D eigenvalue weighted by Crippen LogP contribution is -2.49. The Morgan fingerprint density at radius 1 is 1.29 bits per heavy atom. The highest BCUT2D eigenvalue weighted by atomic mass is 35.5.